The van der Waals surface area contributed by atoms with Crippen molar-refractivity contribution < 1.29 is 47.3 Å². The quantitative estimate of drug-likeness (QED) is 0.0465. The van der Waals surface area contributed by atoms with Crippen molar-refractivity contribution in [2.75, 3.05) is 26.3 Å². The Hall–Kier alpha value is -7.36. The number of carbonyl (C=O) groups excluding carboxylic acids is 1. The van der Waals surface area contributed by atoms with Gasteiger partial charge in [-0.05, 0) is 81.8 Å². The second-order valence-corrected chi connectivity index (χ2v) is 21.7. The fourth-order valence-electron chi connectivity index (χ4n) is 8.19. The van der Waals surface area contributed by atoms with E-state index in [-0.39, 0.29) is 49.2 Å². The predicted molar refractivity (Wildman–Crippen MR) is 270 cm³/mol. The third-order valence-electron chi connectivity index (χ3n) is 11.4. The summed E-state index contributed by atoms with van der Waals surface area (Å²) in [5.41, 5.74) is 5.40. The molecule has 0 aliphatic carbocycles. The Balaban J connectivity index is 1.14. The number of aliphatic carboxylic acids is 1. The highest BCUT2D eigenvalue weighted by molar-refractivity contribution is 7.60. The molecule has 1 amide bonds. The number of ether oxygens (including phenoxy) is 4. The Kier molecular flexibility index (Phi) is 15.5. The largest absolute Gasteiger partial charge is 0.495 e. The highest BCUT2D eigenvalue weighted by Crippen LogP contribution is 2.54. The molecule has 12 nitrogen and oxygen atoms in total. The van der Waals surface area contributed by atoms with Crippen LogP contribution in [-0.4, -0.2) is 44.0 Å². The number of carbonyl (C=O) groups is 2. The third-order valence-corrected chi connectivity index (χ3v) is 16.2. The maximum absolute atomic E-state index is 15.0. The summed E-state index contributed by atoms with van der Waals surface area (Å²) in [5, 5.41) is 16.9. The summed E-state index contributed by atoms with van der Waals surface area (Å²) in [5.74, 6) is 0.277. The molecular weight excluding hydrogens is 911 g/mol. The van der Waals surface area contributed by atoms with E-state index in [9.17, 15) is 19.3 Å². The molecule has 0 spiro atoms. The van der Waals surface area contributed by atoms with Crippen molar-refractivity contribution in [2.24, 2.45) is 0 Å². The first-order valence-corrected chi connectivity index (χ1v) is 26.3. The number of carboxylic acid groups (broad SMARTS) is 1. The lowest BCUT2D eigenvalue weighted by Crippen LogP contribution is -2.37. The van der Waals surface area contributed by atoms with E-state index in [1.807, 2.05) is 152 Å². The molecule has 0 fully saturated rings. The highest BCUT2D eigenvalue weighted by atomic mass is 31.2. The number of amides is 1. The molecule has 69 heavy (non-hydrogen) atoms. The molecule has 0 bridgehead atoms. The van der Waals surface area contributed by atoms with Gasteiger partial charge in [0.2, 0.25) is 12.5 Å². The second kappa shape index (κ2) is 22.2. The number of nitrogens with one attached hydrogen (secondary N) is 2. The van der Waals surface area contributed by atoms with Crippen LogP contribution in [0.3, 0.4) is 0 Å². The Labute approximate surface area is 401 Å². The van der Waals surface area contributed by atoms with Gasteiger partial charge in [-0.1, -0.05) is 146 Å². The minimum atomic E-state index is -3.54. The maximum atomic E-state index is 15.0. The van der Waals surface area contributed by atoms with E-state index in [0.717, 1.165) is 27.8 Å². The summed E-state index contributed by atoms with van der Waals surface area (Å²) in [6.45, 7) is 0.0919. The van der Waals surface area contributed by atoms with Gasteiger partial charge < -0.3 is 38.5 Å². The average Bonchev–Trinajstić information content (AvgIpc) is 3.83. The van der Waals surface area contributed by atoms with E-state index in [1.54, 1.807) is 31.4 Å². The number of carboxylic acids is 1. The van der Waals surface area contributed by atoms with Crippen molar-refractivity contribution in [3.8, 4) is 28.7 Å². The van der Waals surface area contributed by atoms with E-state index in [2.05, 4.69) is 10.4 Å². The topological polar surface area (TPSA) is 159 Å². The number of hydrogen-bond acceptors (Lipinski definition) is 9. The van der Waals surface area contributed by atoms with Gasteiger partial charge in [0.15, 0.2) is 18.8 Å². The summed E-state index contributed by atoms with van der Waals surface area (Å²) in [6.07, 6.45) is 3.91. The van der Waals surface area contributed by atoms with E-state index in [4.69, 9.17) is 23.5 Å². The number of anilines is 1. The van der Waals surface area contributed by atoms with Gasteiger partial charge in [-0.25, -0.2) is 0 Å². The van der Waals surface area contributed by atoms with Crippen LogP contribution < -0.4 is 33.9 Å². The van der Waals surface area contributed by atoms with E-state index in [1.165, 1.54) is 13.2 Å². The molecule has 1 heterocycles. The molecule has 1 atom stereocenters. The summed E-state index contributed by atoms with van der Waals surface area (Å²) in [4.78, 5) is 28.1. The predicted octanol–water partition coefficient (Wildman–Crippen LogP) is 12.2. The van der Waals surface area contributed by atoms with Crippen LogP contribution in [0, 0.1) is 0 Å². The molecule has 14 heteroatoms. The lowest BCUT2D eigenvalue weighted by Gasteiger charge is -2.26. The van der Waals surface area contributed by atoms with Crippen LogP contribution in [0.25, 0.3) is 12.2 Å². The van der Waals surface area contributed by atoms with Gasteiger partial charge in [-0.3, -0.25) is 19.2 Å². The molecule has 3 N–H and O–H groups in total. The Morgan fingerprint density at radius 3 is 1.74 bits per heavy atom. The Bertz CT molecular complexity index is 2930. The second-order valence-electron chi connectivity index (χ2n) is 16.6. The van der Waals surface area contributed by atoms with Gasteiger partial charge in [0, 0.05) is 17.9 Å². The minimum Gasteiger partial charge on any atom is -0.495 e. The van der Waals surface area contributed by atoms with Crippen LogP contribution in [0.5, 0.6) is 28.7 Å². The molecule has 1 aliphatic heterocycles. The number of benzene rings is 7. The summed E-state index contributed by atoms with van der Waals surface area (Å²) >= 11 is 0. The minimum absolute atomic E-state index is 0.0583. The summed E-state index contributed by atoms with van der Waals surface area (Å²) in [7, 11) is -4.00. The van der Waals surface area contributed by atoms with Crippen LogP contribution in [0.15, 0.2) is 170 Å². The van der Waals surface area contributed by atoms with Crippen LogP contribution in [-0.2, 0) is 45.0 Å². The van der Waals surface area contributed by atoms with Crippen molar-refractivity contribution in [3.05, 3.63) is 214 Å². The van der Waals surface area contributed by atoms with Crippen LogP contribution >= 0.6 is 14.7 Å². The molecule has 8 rings (SSSR count). The molecule has 7 aromatic carbocycles. The Morgan fingerprint density at radius 1 is 0.638 bits per heavy atom. The standard InChI is InChI=1S/C55H52N2O10P2/c1-63-50-28-25-39(23-24-44-30-51(64-2)53-52(31-44)65-38-66-53)29-48(50)56-54(58)47-33-46(67-69(62,36-42-19-11-5-12-20-42)37-43-21-13-6-14-22-43)27-26-45(47)32-49(55(59)60)57-68(61,34-40-15-7-3-8-16-40)35-41-17-9-4-10-18-41/h3-31,33,49H,32,34-38H2,1-2H3,(H,56,58)(H,57,61)(H,59,60)/b24-23-/t49-/m0/s1. The van der Waals surface area contributed by atoms with Crippen molar-refractivity contribution in [1.29, 1.82) is 0 Å². The average molecular weight is 963 g/mol. The monoisotopic (exact) mass is 962 g/mol. The van der Waals surface area contributed by atoms with E-state index < -0.39 is 32.6 Å². The van der Waals surface area contributed by atoms with Crippen molar-refractivity contribution >= 4 is 44.4 Å². The number of methoxy groups -OCH3 is 2. The SMILES string of the molecule is COc1ccc(/C=C\c2cc(OC)c3c(c2)OCO3)cc1NC(=O)c1cc(OP(=O)(Cc2ccccc2)Cc2ccccc2)ccc1C[C@H](NP(=O)(Cc1ccccc1)Cc1ccccc1)C(=O)O. The fraction of sp³-hybridized carbons (Fsp3) is 0.164. The van der Waals surface area contributed by atoms with Gasteiger partial charge in [-0.15, -0.1) is 0 Å². The molecule has 0 aromatic heterocycles. The fourth-order valence-corrected chi connectivity index (χ4v) is 13.1. The van der Waals surface area contributed by atoms with Crippen LogP contribution in [0.2, 0.25) is 0 Å². The Morgan fingerprint density at radius 2 is 1.19 bits per heavy atom. The third kappa shape index (κ3) is 12.8. The number of hydrogen-bond donors (Lipinski definition) is 3. The van der Waals surface area contributed by atoms with Gasteiger partial charge in [0.25, 0.3) is 13.3 Å². The zero-order valence-electron chi connectivity index (χ0n) is 38.2. The van der Waals surface area contributed by atoms with Gasteiger partial charge >= 0.3 is 5.97 Å². The van der Waals surface area contributed by atoms with Gasteiger partial charge in [0.1, 0.15) is 17.5 Å². The summed E-state index contributed by atoms with van der Waals surface area (Å²) < 4.78 is 58.9. The van der Waals surface area contributed by atoms with Crippen LogP contribution in [0.4, 0.5) is 5.69 Å². The van der Waals surface area contributed by atoms with E-state index >= 15 is 4.57 Å². The maximum Gasteiger partial charge on any atom is 0.321 e. The number of fused-ring (bicyclic) bond motifs is 1. The normalized spacial score (nSPS) is 12.6. The first kappa shape index (κ1) is 48.1. The molecule has 0 saturated carbocycles. The first-order chi connectivity index (χ1) is 33.5. The van der Waals surface area contributed by atoms with Crippen LogP contribution in [0.1, 0.15) is 49.3 Å². The molecular formula is C55H52N2O10P2. The number of rotatable bonds is 21. The first-order valence-electron chi connectivity index (χ1n) is 22.3. The van der Waals surface area contributed by atoms with Gasteiger partial charge in [-0.2, -0.15) is 0 Å². The molecule has 352 valence electrons. The molecule has 7 aromatic rings. The zero-order chi connectivity index (χ0) is 48.2. The van der Waals surface area contributed by atoms with Crippen molar-refractivity contribution in [1.82, 2.24) is 5.09 Å². The molecule has 1 aliphatic rings. The molecule has 0 radical (unpaired) electrons. The highest BCUT2D eigenvalue weighted by Gasteiger charge is 2.33. The van der Waals surface area contributed by atoms with Crippen molar-refractivity contribution in [2.45, 2.75) is 37.1 Å². The lowest BCUT2D eigenvalue weighted by molar-refractivity contribution is -0.138. The summed E-state index contributed by atoms with van der Waals surface area (Å²) in [6, 6.07) is 49.6. The van der Waals surface area contributed by atoms with Crippen molar-refractivity contribution in [3.63, 3.8) is 0 Å². The molecule has 0 unspecified atom stereocenters. The van der Waals surface area contributed by atoms with E-state index in [0.29, 0.717) is 39.8 Å². The van der Waals surface area contributed by atoms with Gasteiger partial charge in [0.05, 0.1) is 32.2 Å². The zero-order valence-corrected chi connectivity index (χ0v) is 39.9. The lowest BCUT2D eigenvalue weighted by atomic mass is 9.99. The molecule has 0 saturated heterocycles. The smallest absolute Gasteiger partial charge is 0.321 e.